The van der Waals surface area contributed by atoms with Gasteiger partial charge in [0.1, 0.15) is 0 Å². The van der Waals surface area contributed by atoms with E-state index in [4.69, 9.17) is 9.47 Å². The molecule has 0 saturated heterocycles. The van der Waals surface area contributed by atoms with Gasteiger partial charge < -0.3 is 14.8 Å². The molecule has 0 spiro atoms. The summed E-state index contributed by atoms with van der Waals surface area (Å²) in [7, 11) is 0. The zero-order valence-corrected chi connectivity index (χ0v) is 14.8. The molecule has 1 aromatic carbocycles. The summed E-state index contributed by atoms with van der Waals surface area (Å²) < 4.78 is 12.1. The van der Waals surface area contributed by atoms with Crippen molar-refractivity contribution in [2.75, 3.05) is 6.79 Å². The predicted octanol–water partition coefficient (Wildman–Crippen LogP) is 4.02. The van der Waals surface area contributed by atoms with Crippen molar-refractivity contribution in [2.45, 2.75) is 31.7 Å². The van der Waals surface area contributed by atoms with Gasteiger partial charge in [0.2, 0.25) is 6.79 Å². The van der Waals surface area contributed by atoms with Gasteiger partial charge in [0.15, 0.2) is 17.3 Å². The predicted molar refractivity (Wildman–Crippen MR) is 92.8 cm³/mol. The minimum absolute atomic E-state index is 0.190. The second-order valence-corrected chi connectivity index (χ2v) is 7.76. The molecule has 2 aliphatic carbocycles. The van der Waals surface area contributed by atoms with Crippen LogP contribution < -0.4 is 14.8 Å². The Labute approximate surface area is 149 Å². The first kappa shape index (κ1) is 14.6. The first-order valence-corrected chi connectivity index (χ1v) is 9.31. The molecule has 0 amide bonds. The van der Waals surface area contributed by atoms with Crippen LogP contribution in [0, 0.1) is 11.8 Å². The number of nitrogens with one attached hydrogen (secondary N) is 1. The molecule has 4 nitrogen and oxygen atoms in total. The number of Topliss-reactive ketones (excluding diaryl/α,β-unsaturated/α-hetero) is 1. The molecular formula is C19H18BrNO3. The van der Waals surface area contributed by atoms with Crippen LogP contribution in [0.1, 0.15) is 37.3 Å². The minimum atomic E-state index is 0.190. The first-order chi connectivity index (χ1) is 11.7. The normalized spacial score (nSPS) is 30.2. The lowest BCUT2D eigenvalue weighted by Gasteiger charge is -2.39. The van der Waals surface area contributed by atoms with Gasteiger partial charge in [-0.15, -0.1) is 0 Å². The van der Waals surface area contributed by atoms with Crippen molar-refractivity contribution in [3.63, 3.8) is 0 Å². The summed E-state index contributed by atoms with van der Waals surface area (Å²) in [5.41, 5.74) is 3.24. The average molecular weight is 388 g/mol. The van der Waals surface area contributed by atoms with Gasteiger partial charge in [0.25, 0.3) is 0 Å². The molecule has 0 unspecified atom stereocenters. The number of carbonyl (C=O) groups excluding carboxylic acids is 1. The number of halogens is 1. The zero-order chi connectivity index (χ0) is 16.3. The third-order valence-electron chi connectivity index (χ3n) is 5.68. The SMILES string of the molecule is O=C1CC=CC2=C1[C@@H]1CCC[C@@H]1[C@H](c1cc3c(cc1Br)OCO3)N2. The molecule has 3 atom stereocenters. The molecule has 2 aliphatic heterocycles. The third-order valence-corrected chi connectivity index (χ3v) is 6.37. The average Bonchev–Trinajstić information content (AvgIpc) is 3.21. The molecule has 2 heterocycles. The molecule has 24 heavy (non-hydrogen) atoms. The van der Waals surface area contributed by atoms with Crippen LogP contribution >= 0.6 is 15.9 Å². The molecule has 0 aromatic heterocycles. The molecule has 1 N–H and O–H groups in total. The second-order valence-electron chi connectivity index (χ2n) is 6.91. The summed E-state index contributed by atoms with van der Waals surface area (Å²) in [6.07, 6.45) is 8.04. The summed E-state index contributed by atoms with van der Waals surface area (Å²) >= 11 is 3.71. The Balaban J connectivity index is 1.60. The molecule has 1 aromatic rings. The number of hydrogen-bond donors (Lipinski definition) is 1. The fourth-order valence-corrected chi connectivity index (χ4v) is 5.24. The topological polar surface area (TPSA) is 47.6 Å². The molecule has 5 rings (SSSR count). The molecule has 124 valence electrons. The van der Waals surface area contributed by atoms with Crippen molar-refractivity contribution in [1.29, 1.82) is 0 Å². The first-order valence-electron chi connectivity index (χ1n) is 8.52. The van der Waals surface area contributed by atoms with Gasteiger partial charge in [-0.3, -0.25) is 4.79 Å². The van der Waals surface area contributed by atoms with Crippen LogP contribution in [-0.4, -0.2) is 12.6 Å². The highest BCUT2D eigenvalue weighted by Crippen LogP contribution is 2.51. The number of ether oxygens (including phenoxy) is 2. The van der Waals surface area contributed by atoms with E-state index in [-0.39, 0.29) is 12.8 Å². The van der Waals surface area contributed by atoms with E-state index in [9.17, 15) is 4.79 Å². The van der Waals surface area contributed by atoms with Crippen molar-refractivity contribution in [3.8, 4) is 11.5 Å². The smallest absolute Gasteiger partial charge is 0.231 e. The van der Waals surface area contributed by atoms with E-state index in [0.29, 0.717) is 24.0 Å². The van der Waals surface area contributed by atoms with Crippen LogP contribution in [0.2, 0.25) is 0 Å². The zero-order valence-electron chi connectivity index (χ0n) is 13.2. The highest BCUT2D eigenvalue weighted by molar-refractivity contribution is 9.10. The monoisotopic (exact) mass is 387 g/mol. The van der Waals surface area contributed by atoms with Gasteiger partial charge in [0.05, 0.1) is 6.04 Å². The lowest BCUT2D eigenvalue weighted by molar-refractivity contribution is -0.115. The Hall–Kier alpha value is -1.75. The molecule has 1 saturated carbocycles. The van der Waals surface area contributed by atoms with E-state index in [0.717, 1.165) is 40.1 Å². The Kier molecular flexibility index (Phi) is 3.27. The highest BCUT2D eigenvalue weighted by Gasteiger charge is 2.44. The van der Waals surface area contributed by atoms with Crippen LogP contribution in [-0.2, 0) is 4.79 Å². The summed E-state index contributed by atoms with van der Waals surface area (Å²) in [6.45, 7) is 0.280. The van der Waals surface area contributed by atoms with E-state index in [1.165, 1.54) is 12.0 Å². The van der Waals surface area contributed by atoms with E-state index < -0.39 is 0 Å². The van der Waals surface area contributed by atoms with Crippen molar-refractivity contribution in [3.05, 3.63) is 45.6 Å². The van der Waals surface area contributed by atoms with E-state index in [1.807, 2.05) is 12.1 Å². The summed E-state index contributed by atoms with van der Waals surface area (Å²) in [5.74, 6) is 2.72. The van der Waals surface area contributed by atoms with E-state index >= 15 is 0 Å². The summed E-state index contributed by atoms with van der Waals surface area (Å²) in [6, 6.07) is 4.27. The lowest BCUT2D eigenvalue weighted by atomic mass is 9.74. The molecule has 0 bridgehead atoms. The fraction of sp³-hybridized carbons (Fsp3) is 0.421. The van der Waals surface area contributed by atoms with Crippen molar-refractivity contribution >= 4 is 21.7 Å². The lowest BCUT2D eigenvalue weighted by Crippen LogP contribution is -2.39. The maximum absolute atomic E-state index is 12.4. The van der Waals surface area contributed by atoms with Crippen molar-refractivity contribution < 1.29 is 14.3 Å². The van der Waals surface area contributed by atoms with Gasteiger partial charge in [-0.1, -0.05) is 28.4 Å². The Bertz CT molecular complexity index is 798. The number of hydrogen-bond acceptors (Lipinski definition) is 4. The summed E-state index contributed by atoms with van der Waals surface area (Å²) in [5, 5.41) is 3.65. The van der Waals surface area contributed by atoms with E-state index in [2.05, 4.69) is 33.4 Å². The molecule has 4 aliphatic rings. The van der Waals surface area contributed by atoms with Crippen LogP contribution in [0.4, 0.5) is 0 Å². The number of fused-ring (bicyclic) bond motifs is 3. The van der Waals surface area contributed by atoms with Crippen LogP contribution in [0.3, 0.4) is 0 Å². The molecule has 1 fully saturated rings. The number of benzene rings is 1. The van der Waals surface area contributed by atoms with Gasteiger partial charge in [-0.05, 0) is 48.4 Å². The summed E-state index contributed by atoms with van der Waals surface area (Å²) in [4.78, 5) is 12.4. The quantitative estimate of drug-likeness (QED) is 0.790. The second kappa shape index (κ2) is 5.38. The minimum Gasteiger partial charge on any atom is -0.454 e. The van der Waals surface area contributed by atoms with E-state index in [1.54, 1.807) is 0 Å². The van der Waals surface area contributed by atoms with Crippen molar-refractivity contribution in [1.82, 2.24) is 5.32 Å². The molecular weight excluding hydrogens is 370 g/mol. The largest absolute Gasteiger partial charge is 0.454 e. The maximum atomic E-state index is 12.4. The van der Waals surface area contributed by atoms with Crippen LogP contribution in [0.15, 0.2) is 40.0 Å². The van der Waals surface area contributed by atoms with Crippen LogP contribution in [0.25, 0.3) is 0 Å². The van der Waals surface area contributed by atoms with Gasteiger partial charge >= 0.3 is 0 Å². The van der Waals surface area contributed by atoms with Gasteiger partial charge in [0, 0.05) is 22.2 Å². The maximum Gasteiger partial charge on any atom is 0.231 e. The Morgan fingerprint density at radius 1 is 1.17 bits per heavy atom. The number of allylic oxidation sites excluding steroid dienone is 3. The van der Waals surface area contributed by atoms with Crippen LogP contribution in [0.5, 0.6) is 11.5 Å². The molecule has 0 radical (unpaired) electrons. The Morgan fingerprint density at radius 2 is 2.00 bits per heavy atom. The molecule has 5 heteroatoms. The fourth-order valence-electron chi connectivity index (χ4n) is 4.67. The number of rotatable bonds is 1. The third kappa shape index (κ3) is 2.07. The van der Waals surface area contributed by atoms with Gasteiger partial charge in [-0.25, -0.2) is 0 Å². The highest BCUT2D eigenvalue weighted by atomic mass is 79.9. The standard InChI is InChI=1S/C19H18BrNO3/c20-13-8-17-16(23-9-24-17)7-12(13)19-11-4-1-3-10(11)18-14(21-19)5-2-6-15(18)22/h2,5,7-8,10-11,19,21H,1,3-4,6,9H2/t10-,11+,19-/m1/s1. The Morgan fingerprint density at radius 3 is 2.88 bits per heavy atom. The van der Waals surface area contributed by atoms with Crippen molar-refractivity contribution in [2.24, 2.45) is 11.8 Å². The number of carbonyl (C=O) groups is 1. The number of ketones is 1. The van der Waals surface area contributed by atoms with Gasteiger partial charge in [-0.2, -0.15) is 0 Å².